The highest BCUT2D eigenvalue weighted by Gasteiger charge is 2.29. The number of benzene rings is 1. The minimum absolute atomic E-state index is 0.124. The SMILES string of the molecule is CCCCNCCn1cc(-c2cc(C(N)=O)c3[nH]cc(C4CCN(S(=O)(=O)CC)CC4)c3c2)cn1. The maximum atomic E-state index is 12.3. The Hall–Kier alpha value is -2.69. The Balaban J connectivity index is 1.58. The predicted octanol–water partition coefficient (Wildman–Crippen LogP) is 3.05. The zero-order chi connectivity index (χ0) is 25.0. The minimum atomic E-state index is -3.18. The van der Waals surface area contributed by atoms with Gasteiger partial charge in [-0.3, -0.25) is 9.48 Å². The molecule has 0 saturated carbocycles. The second-order valence-electron chi connectivity index (χ2n) is 9.22. The number of carbonyl (C=O) groups is 1. The first-order chi connectivity index (χ1) is 16.8. The topological polar surface area (TPSA) is 126 Å². The summed E-state index contributed by atoms with van der Waals surface area (Å²) in [6, 6.07) is 3.91. The van der Waals surface area contributed by atoms with Gasteiger partial charge in [0.05, 0.1) is 29.6 Å². The summed E-state index contributed by atoms with van der Waals surface area (Å²) >= 11 is 0. The first kappa shape index (κ1) is 25.4. The average Bonchev–Trinajstić information content (AvgIpc) is 3.50. The Bertz CT molecular complexity index is 1270. The van der Waals surface area contributed by atoms with E-state index < -0.39 is 15.9 Å². The number of aromatic nitrogens is 3. The van der Waals surface area contributed by atoms with Gasteiger partial charge >= 0.3 is 0 Å². The van der Waals surface area contributed by atoms with Crippen molar-refractivity contribution in [2.45, 2.75) is 52.0 Å². The molecule has 1 aliphatic rings. The molecule has 190 valence electrons. The van der Waals surface area contributed by atoms with E-state index in [2.05, 4.69) is 28.4 Å². The first-order valence-electron chi connectivity index (χ1n) is 12.5. The van der Waals surface area contributed by atoms with Crippen molar-refractivity contribution in [1.82, 2.24) is 24.4 Å². The molecule has 0 atom stereocenters. The van der Waals surface area contributed by atoms with Gasteiger partial charge in [0, 0.05) is 43.0 Å². The number of sulfonamides is 1. The molecule has 0 unspecified atom stereocenters. The number of H-pyrrole nitrogens is 1. The summed E-state index contributed by atoms with van der Waals surface area (Å²) in [6.07, 6.45) is 9.57. The molecule has 3 heterocycles. The molecule has 1 saturated heterocycles. The van der Waals surface area contributed by atoms with Crippen molar-refractivity contribution >= 4 is 26.8 Å². The van der Waals surface area contributed by atoms with Crippen LogP contribution in [0.4, 0.5) is 0 Å². The highest BCUT2D eigenvalue weighted by molar-refractivity contribution is 7.89. The third kappa shape index (κ3) is 5.60. The number of unbranched alkanes of at least 4 members (excludes halogenated alkanes) is 1. The van der Waals surface area contributed by atoms with Gasteiger partial charge in [-0.2, -0.15) is 5.10 Å². The number of hydrogen-bond donors (Lipinski definition) is 3. The lowest BCUT2D eigenvalue weighted by atomic mass is 9.88. The number of nitrogens with zero attached hydrogens (tertiary/aromatic N) is 3. The maximum absolute atomic E-state index is 12.3. The van der Waals surface area contributed by atoms with E-state index in [0.717, 1.165) is 66.5 Å². The Morgan fingerprint density at radius 3 is 2.66 bits per heavy atom. The molecule has 1 amide bonds. The smallest absolute Gasteiger partial charge is 0.250 e. The van der Waals surface area contributed by atoms with Gasteiger partial charge in [-0.15, -0.1) is 0 Å². The molecule has 0 aliphatic carbocycles. The molecular weight excluding hydrogens is 464 g/mol. The molecule has 0 bridgehead atoms. The van der Waals surface area contributed by atoms with Gasteiger partial charge in [0.2, 0.25) is 10.0 Å². The monoisotopic (exact) mass is 500 g/mol. The number of nitrogens with one attached hydrogen (secondary N) is 2. The number of amides is 1. The van der Waals surface area contributed by atoms with Crippen LogP contribution in [0.25, 0.3) is 22.0 Å². The Labute approximate surface area is 207 Å². The van der Waals surface area contributed by atoms with Crippen LogP contribution in [0.2, 0.25) is 0 Å². The van der Waals surface area contributed by atoms with Crippen molar-refractivity contribution in [2.24, 2.45) is 5.73 Å². The summed E-state index contributed by atoms with van der Waals surface area (Å²) in [5.41, 5.74) is 9.85. The zero-order valence-corrected chi connectivity index (χ0v) is 21.4. The molecule has 35 heavy (non-hydrogen) atoms. The largest absolute Gasteiger partial charge is 0.366 e. The fourth-order valence-electron chi connectivity index (χ4n) is 4.83. The molecule has 1 fully saturated rings. The van der Waals surface area contributed by atoms with Crippen LogP contribution in [0.1, 0.15) is 61.4 Å². The van der Waals surface area contributed by atoms with Crippen molar-refractivity contribution in [2.75, 3.05) is 31.9 Å². The maximum Gasteiger partial charge on any atom is 0.250 e. The van der Waals surface area contributed by atoms with E-state index in [0.29, 0.717) is 18.7 Å². The van der Waals surface area contributed by atoms with Gasteiger partial charge in [-0.1, -0.05) is 13.3 Å². The fraction of sp³-hybridized carbons (Fsp3) is 0.520. The molecule has 0 radical (unpaired) electrons. The van der Waals surface area contributed by atoms with Crippen LogP contribution in [0.5, 0.6) is 0 Å². The van der Waals surface area contributed by atoms with Crippen LogP contribution in [-0.4, -0.2) is 65.3 Å². The molecule has 10 heteroatoms. The van der Waals surface area contributed by atoms with Gasteiger partial charge in [0.1, 0.15) is 0 Å². The second-order valence-corrected chi connectivity index (χ2v) is 11.5. The number of piperidine rings is 1. The Morgan fingerprint density at radius 1 is 1.20 bits per heavy atom. The van der Waals surface area contributed by atoms with E-state index >= 15 is 0 Å². The number of nitrogens with two attached hydrogens (primary N) is 1. The predicted molar refractivity (Wildman–Crippen MR) is 139 cm³/mol. The van der Waals surface area contributed by atoms with Crippen molar-refractivity contribution in [3.05, 3.63) is 41.9 Å². The lowest BCUT2D eigenvalue weighted by Crippen LogP contribution is -2.38. The van der Waals surface area contributed by atoms with Crippen LogP contribution in [-0.2, 0) is 16.6 Å². The number of rotatable bonds is 11. The second kappa shape index (κ2) is 10.9. The summed E-state index contributed by atoms with van der Waals surface area (Å²) in [7, 11) is -3.18. The molecule has 4 rings (SSSR count). The number of fused-ring (bicyclic) bond motifs is 1. The third-order valence-corrected chi connectivity index (χ3v) is 8.81. The standard InChI is InChI=1S/C25H36N6O3S/c1-3-5-8-27-9-12-30-17-20(15-29-30)19-13-21-23(16-28-24(21)22(14-19)25(26)32)18-6-10-31(11-7-18)35(33,34)4-2/h13-18,27-28H,3-12H2,1-2H3,(H2,26,32). The summed E-state index contributed by atoms with van der Waals surface area (Å²) in [4.78, 5) is 15.6. The Kier molecular flexibility index (Phi) is 7.93. The van der Waals surface area contributed by atoms with E-state index in [1.54, 1.807) is 11.2 Å². The molecule has 1 aromatic carbocycles. The number of aromatic amines is 1. The van der Waals surface area contributed by atoms with Crippen molar-refractivity contribution in [3.8, 4) is 11.1 Å². The molecule has 4 N–H and O–H groups in total. The minimum Gasteiger partial charge on any atom is -0.366 e. The highest BCUT2D eigenvalue weighted by atomic mass is 32.2. The summed E-state index contributed by atoms with van der Waals surface area (Å²) in [5, 5.41) is 8.88. The average molecular weight is 501 g/mol. The van der Waals surface area contributed by atoms with E-state index in [1.807, 2.05) is 29.3 Å². The third-order valence-electron chi connectivity index (χ3n) is 6.93. The highest BCUT2D eigenvalue weighted by Crippen LogP contribution is 2.37. The zero-order valence-electron chi connectivity index (χ0n) is 20.6. The van der Waals surface area contributed by atoms with E-state index in [-0.39, 0.29) is 11.7 Å². The van der Waals surface area contributed by atoms with Gasteiger partial charge in [-0.25, -0.2) is 12.7 Å². The number of carbonyl (C=O) groups excluding carboxylic acids is 1. The van der Waals surface area contributed by atoms with E-state index in [1.165, 1.54) is 6.42 Å². The molecule has 0 spiro atoms. The number of hydrogen-bond acceptors (Lipinski definition) is 5. The summed E-state index contributed by atoms with van der Waals surface area (Å²) in [6.45, 7) is 7.49. The van der Waals surface area contributed by atoms with Crippen molar-refractivity contribution in [3.63, 3.8) is 0 Å². The van der Waals surface area contributed by atoms with Crippen LogP contribution in [0.3, 0.4) is 0 Å². The number of primary amides is 1. The molecule has 2 aromatic heterocycles. The molecular formula is C25H36N6O3S. The molecule has 3 aromatic rings. The fourth-order valence-corrected chi connectivity index (χ4v) is 5.97. The quantitative estimate of drug-likeness (QED) is 0.349. The van der Waals surface area contributed by atoms with Gasteiger partial charge in [-0.05, 0) is 61.9 Å². The Morgan fingerprint density at radius 2 is 1.97 bits per heavy atom. The van der Waals surface area contributed by atoms with Gasteiger partial charge < -0.3 is 16.0 Å². The molecule has 9 nitrogen and oxygen atoms in total. The lowest BCUT2D eigenvalue weighted by Gasteiger charge is -2.31. The van der Waals surface area contributed by atoms with Gasteiger partial charge in [0.25, 0.3) is 5.91 Å². The van der Waals surface area contributed by atoms with Crippen molar-refractivity contribution < 1.29 is 13.2 Å². The normalized spacial score (nSPS) is 15.7. The van der Waals surface area contributed by atoms with Crippen LogP contribution in [0, 0.1) is 0 Å². The van der Waals surface area contributed by atoms with Crippen molar-refractivity contribution in [1.29, 1.82) is 0 Å². The van der Waals surface area contributed by atoms with Crippen LogP contribution >= 0.6 is 0 Å². The van der Waals surface area contributed by atoms with Gasteiger partial charge in [0.15, 0.2) is 0 Å². The van der Waals surface area contributed by atoms with Crippen LogP contribution < -0.4 is 11.1 Å². The first-order valence-corrected chi connectivity index (χ1v) is 14.1. The van der Waals surface area contributed by atoms with E-state index in [9.17, 15) is 13.2 Å². The summed E-state index contributed by atoms with van der Waals surface area (Å²) in [5.74, 6) is -0.153. The lowest BCUT2D eigenvalue weighted by molar-refractivity contribution is 0.100. The molecule has 1 aliphatic heterocycles. The van der Waals surface area contributed by atoms with Crippen LogP contribution in [0.15, 0.2) is 30.7 Å². The summed E-state index contributed by atoms with van der Waals surface area (Å²) < 4.78 is 28.0. The van der Waals surface area contributed by atoms with E-state index in [4.69, 9.17) is 5.73 Å².